The van der Waals surface area contributed by atoms with Crippen molar-refractivity contribution in [3.63, 3.8) is 0 Å². The van der Waals surface area contributed by atoms with E-state index in [9.17, 15) is 22.8 Å². The summed E-state index contributed by atoms with van der Waals surface area (Å²) < 4.78 is 29.5. The Morgan fingerprint density at radius 1 is 1.32 bits per heavy atom. The van der Waals surface area contributed by atoms with E-state index in [1.165, 1.54) is 4.90 Å². The number of carbonyl (C=O) groups is 3. The van der Waals surface area contributed by atoms with Gasteiger partial charge in [0.2, 0.25) is 5.91 Å². The molecule has 9 nitrogen and oxygen atoms in total. The lowest BCUT2D eigenvalue weighted by atomic mass is 9.84. The average molecular weight is 450 g/mol. The number of hydrogen-bond donors (Lipinski definition) is 1. The van der Waals surface area contributed by atoms with Crippen LogP contribution in [0.2, 0.25) is 0 Å². The minimum absolute atomic E-state index is 0.0522. The molecule has 0 aromatic heterocycles. The maximum atomic E-state index is 13.4. The fourth-order valence-electron chi connectivity index (χ4n) is 4.60. The van der Waals surface area contributed by atoms with E-state index in [1.807, 2.05) is 6.92 Å². The zero-order chi connectivity index (χ0) is 22.2. The molecule has 0 saturated carbocycles. The Kier molecular flexibility index (Phi) is 5.67. The predicted octanol–water partition coefficient (Wildman–Crippen LogP) is 1.03. The smallest absolute Gasteiger partial charge is 0.325 e. The molecule has 0 aliphatic carbocycles. The Morgan fingerprint density at radius 3 is 2.81 bits per heavy atom. The second-order valence-electron chi connectivity index (χ2n) is 8.32. The van der Waals surface area contributed by atoms with Gasteiger partial charge < -0.3 is 15.0 Å². The molecule has 0 radical (unpaired) electrons. The Morgan fingerprint density at radius 2 is 2.10 bits per heavy atom. The summed E-state index contributed by atoms with van der Waals surface area (Å²) in [4.78, 5) is 41.8. The van der Waals surface area contributed by atoms with Crippen LogP contribution in [0.5, 0.6) is 5.75 Å². The second-order valence-corrected chi connectivity index (χ2v) is 10.5. The minimum Gasteiger partial charge on any atom is -0.493 e. The Hall–Kier alpha value is -2.62. The van der Waals surface area contributed by atoms with Crippen LogP contribution < -0.4 is 10.1 Å². The summed E-state index contributed by atoms with van der Waals surface area (Å²) in [6, 6.07) is 6.02. The van der Waals surface area contributed by atoms with Crippen LogP contribution in [0, 0.1) is 0 Å². The van der Waals surface area contributed by atoms with Crippen molar-refractivity contribution in [2.24, 2.45) is 0 Å². The third kappa shape index (κ3) is 3.88. The number of amides is 4. The predicted molar refractivity (Wildman–Crippen MR) is 112 cm³/mol. The van der Waals surface area contributed by atoms with Gasteiger partial charge in [0.1, 0.15) is 12.3 Å². The van der Waals surface area contributed by atoms with Crippen molar-refractivity contribution in [1.29, 1.82) is 0 Å². The highest BCUT2D eigenvalue weighted by Crippen LogP contribution is 2.41. The Balaban J connectivity index is 1.55. The van der Waals surface area contributed by atoms with Gasteiger partial charge >= 0.3 is 6.03 Å². The van der Waals surface area contributed by atoms with Crippen molar-refractivity contribution in [3.05, 3.63) is 29.8 Å². The summed E-state index contributed by atoms with van der Waals surface area (Å²) in [5.41, 5.74) is -0.656. The van der Waals surface area contributed by atoms with Gasteiger partial charge in [0.25, 0.3) is 5.91 Å². The van der Waals surface area contributed by atoms with Gasteiger partial charge in [0, 0.05) is 24.6 Å². The molecule has 10 heteroatoms. The molecule has 0 bridgehead atoms. The zero-order valence-corrected chi connectivity index (χ0v) is 18.3. The van der Waals surface area contributed by atoms with Crippen molar-refractivity contribution in [1.82, 2.24) is 15.1 Å². The van der Waals surface area contributed by atoms with Crippen LogP contribution in [0.1, 0.15) is 38.2 Å². The number of unbranched alkanes of at least 4 members (excludes halogenated alkanes) is 1. The van der Waals surface area contributed by atoms with Crippen LogP contribution in [0.4, 0.5) is 4.79 Å². The van der Waals surface area contributed by atoms with Crippen molar-refractivity contribution in [3.8, 4) is 5.75 Å². The van der Waals surface area contributed by atoms with E-state index in [0.717, 1.165) is 17.7 Å². The number of para-hydroxylation sites is 1. The van der Waals surface area contributed by atoms with Gasteiger partial charge in [0.15, 0.2) is 15.4 Å². The molecule has 1 spiro atoms. The standard InChI is InChI=1S/C21H27N3O6S/c1-2-3-10-23(15-8-12-31(28,29)14-15)18(25)13-24-19(26)21(22-20(24)27)9-11-30-17-7-5-4-6-16(17)21/h4-7,15H,2-3,8-14H2,1H3,(H,22,27)/t15-,21+/m0/s1. The largest absolute Gasteiger partial charge is 0.493 e. The van der Waals surface area contributed by atoms with E-state index in [0.29, 0.717) is 24.3 Å². The van der Waals surface area contributed by atoms with Gasteiger partial charge in [-0.2, -0.15) is 0 Å². The number of ether oxygens (including phenoxy) is 1. The molecule has 3 heterocycles. The number of urea groups is 1. The lowest BCUT2D eigenvalue weighted by Gasteiger charge is -2.33. The summed E-state index contributed by atoms with van der Waals surface area (Å²) in [5, 5.41) is 2.79. The van der Waals surface area contributed by atoms with Crippen LogP contribution in [0.25, 0.3) is 0 Å². The number of fused-ring (bicyclic) bond motifs is 2. The minimum atomic E-state index is -3.17. The molecule has 1 aromatic rings. The zero-order valence-electron chi connectivity index (χ0n) is 17.5. The molecule has 1 N–H and O–H groups in total. The maximum absolute atomic E-state index is 13.4. The van der Waals surface area contributed by atoms with Crippen LogP contribution >= 0.6 is 0 Å². The van der Waals surface area contributed by atoms with Crippen LogP contribution in [-0.4, -0.2) is 73.3 Å². The number of hydrogen-bond acceptors (Lipinski definition) is 6. The highest BCUT2D eigenvalue weighted by atomic mass is 32.2. The SMILES string of the molecule is CCCCN(C(=O)CN1C(=O)N[C@@]2(CCOc3ccccc32)C1=O)[C@H]1CCS(=O)(=O)C1. The summed E-state index contributed by atoms with van der Waals surface area (Å²) in [7, 11) is -3.17. The first-order valence-electron chi connectivity index (χ1n) is 10.6. The van der Waals surface area contributed by atoms with Gasteiger partial charge in [-0.15, -0.1) is 0 Å². The van der Waals surface area contributed by atoms with Crippen LogP contribution in [0.3, 0.4) is 0 Å². The fourth-order valence-corrected chi connectivity index (χ4v) is 6.33. The first kappa shape index (κ1) is 21.6. The highest BCUT2D eigenvalue weighted by molar-refractivity contribution is 7.91. The number of nitrogens with one attached hydrogen (secondary N) is 1. The quantitative estimate of drug-likeness (QED) is 0.649. The van der Waals surface area contributed by atoms with Crippen LogP contribution in [0.15, 0.2) is 24.3 Å². The summed E-state index contributed by atoms with van der Waals surface area (Å²) in [6.45, 7) is 2.25. The van der Waals surface area contributed by atoms with Gasteiger partial charge in [-0.1, -0.05) is 31.5 Å². The topological polar surface area (TPSA) is 113 Å². The molecule has 4 rings (SSSR count). The number of sulfone groups is 1. The summed E-state index contributed by atoms with van der Waals surface area (Å²) in [5.74, 6) is -0.364. The monoisotopic (exact) mass is 449 g/mol. The fraction of sp³-hybridized carbons (Fsp3) is 0.571. The summed E-state index contributed by atoms with van der Waals surface area (Å²) >= 11 is 0. The van der Waals surface area contributed by atoms with Gasteiger partial charge in [0.05, 0.1) is 18.1 Å². The molecule has 1 aromatic carbocycles. The number of nitrogens with zero attached hydrogens (tertiary/aromatic N) is 2. The van der Waals surface area contributed by atoms with E-state index in [1.54, 1.807) is 24.3 Å². The second kappa shape index (κ2) is 8.14. The molecule has 4 amide bonds. The van der Waals surface area contributed by atoms with E-state index < -0.39 is 45.8 Å². The van der Waals surface area contributed by atoms with Crippen molar-refractivity contribution >= 4 is 27.7 Å². The molecule has 2 fully saturated rings. The Labute approximate surface area is 181 Å². The molecule has 2 saturated heterocycles. The molecule has 2 atom stereocenters. The third-order valence-corrected chi connectivity index (χ3v) is 8.02. The first-order valence-corrected chi connectivity index (χ1v) is 12.5. The van der Waals surface area contributed by atoms with Crippen molar-refractivity contribution in [2.75, 3.05) is 31.2 Å². The number of benzene rings is 1. The summed E-state index contributed by atoms with van der Waals surface area (Å²) in [6.07, 6.45) is 2.22. The number of imide groups is 1. The molecule has 0 unspecified atom stereocenters. The molecular formula is C21H27N3O6S. The van der Waals surface area contributed by atoms with Gasteiger partial charge in [-0.25, -0.2) is 13.2 Å². The number of carbonyl (C=O) groups excluding carboxylic acids is 3. The van der Waals surface area contributed by atoms with E-state index >= 15 is 0 Å². The van der Waals surface area contributed by atoms with Crippen LogP contribution in [-0.2, 0) is 25.0 Å². The third-order valence-electron chi connectivity index (χ3n) is 6.27. The maximum Gasteiger partial charge on any atom is 0.325 e. The molecule has 3 aliphatic heterocycles. The van der Waals surface area contributed by atoms with Crippen molar-refractivity contribution < 1.29 is 27.5 Å². The number of rotatable bonds is 6. The molecular weight excluding hydrogens is 422 g/mol. The van der Waals surface area contributed by atoms with E-state index in [4.69, 9.17) is 4.74 Å². The van der Waals surface area contributed by atoms with Gasteiger partial charge in [-0.05, 0) is 18.9 Å². The van der Waals surface area contributed by atoms with E-state index in [-0.39, 0.29) is 24.5 Å². The first-order chi connectivity index (χ1) is 14.8. The molecule has 31 heavy (non-hydrogen) atoms. The van der Waals surface area contributed by atoms with Gasteiger partial charge in [-0.3, -0.25) is 14.5 Å². The molecule has 3 aliphatic rings. The normalized spacial score (nSPS) is 26.5. The lowest BCUT2D eigenvalue weighted by Crippen LogP contribution is -2.50. The Bertz CT molecular complexity index is 1010. The molecule has 168 valence electrons. The highest BCUT2D eigenvalue weighted by Gasteiger charge is 2.55. The average Bonchev–Trinajstić information content (AvgIpc) is 3.21. The lowest BCUT2D eigenvalue weighted by molar-refractivity contribution is -0.140. The van der Waals surface area contributed by atoms with Crippen molar-refractivity contribution in [2.45, 2.75) is 44.2 Å². The van der Waals surface area contributed by atoms with E-state index in [2.05, 4.69) is 5.32 Å².